The molecule has 37 heavy (non-hydrogen) atoms. The van der Waals surface area contributed by atoms with Gasteiger partial charge in [0.05, 0.1) is 11.9 Å². The summed E-state index contributed by atoms with van der Waals surface area (Å²) < 4.78 is 5.92. The van der Waals surface area contributed by atoms with Crippen LogP contribution in [-0.4, -0.2) is 71.8 Å². The standard InChI is InChI=1S/C29H31N5O3/c1-33(2)27(36)11-12-37-29-31-26-14-19(25-15-22(35)13-18-5-3-4-6-23(18)25)7-10-24(26)28(32-29)34-16-20-8-9-21(17-34)30-20/h3-7,10,13-15,20-21,30,35H,8-9,11-12,16-17H2,1-2H3. The van der Waals surface area contributed by atoms with Gasteiger partial charge in [0.15, 0.2) is 0 Å². The Kier molecular flexibility index (Phi) is 6.04. The van der Waals surface area contributed by atoms with Crippen LogP contribution in [0.5, 0.6) is 11.8 Å². The van der Waals surface area contributed by atoms with Gasteiger partial charge in [-0.05, 0) is 59.0 Å². The van der Waals surface area contributed by atoms with Crippen molar-refractivity contribution in [1.82, 2.24) is 20.2 Å². The quantitative estimate of drug-likeness (QED) is 0.417. The Morgan fingerprint density at radius 2 is 1.84 bits per heavy atom. The van der Waals surface area contributed by atoms with Crippen LogP contribution >= 0.6 is 0 Å². The molecule has 0 aliphatic carbocycles. The maximum Gasteiger partial charge on any atom is 0.318 e. The molecular formula is C29H31N5O3. The number of carbonyl (C=O) groups is 1. The van der Waals surface area contributed by atoms with Gasteiger partial charge in [-0.3, -0.25) is 4.79 Å². The lowest BCUT2D eigenvalue weighted by molar-refractivity contribution is -0.129. The number of benzene rings is 3. The number of nitrogens with zero attached hydrogens (tertiary/aromatic N) is 4. The average Bonchev–Trinajstić information content (AvgIpc) is 3.24. The molecule has 8 heteroatoms. The minimum Gasteiger partial charge on any atom is -0.508 e. The van der Waals surface area contributed by atoms with Crippen LogP contribution in [0.3, 0.4) is 0 Å². The summed E-state index contributed by atoms with van der Waals surface area (Å²) in [5, 5.41) is 17.1. The molecule has 2 bridgehead atoms. The summed E-state index contributed by atoms with van der Waals surface area (Å²) in [6.07, 6.45) is 2.61. The first-order valence-electron chi connectivity index (χ1n) is 12.8. The number of aromatic nitrogens is 2. The summed E-state index contributed by atoms with van der Waals surface area (Å²) in [5.74, 6) is 1.09. The number of aromatic hydroxyl groups is 1. The smallest absolute Gasteiger partial charge is 0.318 e. The number of rotatable bonds is 6. The van der Waals surface area contributed by atoms with Gasteiger partial charge in [0.2, 0.25) is 5.91 Å². The van der Waals surface area contributed by atoms with E-state index >= 15 is 0 Å². The molecule has 1 amide bonds. The van der Waals surface area contributed by atoms with Crippen molar-refractivity contribution >= 4 is 33.4 Å². The highest BCUT2D eigenvalue weighted by molar-refractivity contribution is 6.00. The van der Waals surface area contributed by atoms with Gasteiger partial charge in [-0.2, -0.15) is 9.97 Å². The lowest BCUT2D eigenvalue weighted by Crippen LogP contribution is -2.51. The Hall–Kier alpha value is -3.91. The first-order valence-corrected chi connectivity index (χ1v) is 12.8. The maximum atomic E-state index is 12.0. The first-order chi connectivity index (χ1) is 17.9. The van der Waals surface area contributed by atoms with Crippen LogP contribution in [0, 0.1) is 0 Å². The third kappa shape index (κ3) is 4.64. The lowest BCUT2D eigenvalue weighted by Gasteiger charge is -2.34. The largest absolute Gasteiger partial charge is 0.508 e. The fraction of sp³-hybridized carbons (Fsp3) is 0.345. The molecule has 1 aromatic heterocycles. The van der Waals surface area contributed by atoms with Crippen LogP contribution in [0.25, 0.3) is 32.8 Å². The molecule has 2 unspecified atom stereocenters. The van der Waals surface area contributed by atoms with Crippen molar-refractivity contribution in [2.75, 3.05) is 38.7 Å². The average molecular weight is 498 g/mol. The van der Waals surface area contributed by atoms with Gasteiger partial charge >= 0.3 is 6.01 Å². The van der Waals surface area contributed by atoms with E-state index in [2.05, 4.69) is 28.4 Å². The lowest BCUT2D eigenvalue weighted by atomic mass is 9.97. The molecule has 3 aromatic carbocycles. The van der Waals surface area contributed by atoms with Crippen LogP contribution in [0.15, 0.2) is 54.6 Å². The zero-order valence-electron chi connectivity index (χ0n) is 21.1. The SMILES string of the molecule is CN(C)C(=O)CCOc1nc(N2CC3CCC(C2)N3)c2ccc(-c3cc(O)cc4ccccc34)cc2n1. The normalized spacial score (nSPS) is 18.9. The Bertz CT molecular complexity index is 1480. The summed E-state index contributed by atoms with van der Waals surface area (Å²) in [7, 11) is 3.47. The number of piperazine rings is 1. The first kappa shape index (κ1) is 23.5. The molecule has 0 spiro atoms. The van der Waals surface area contributed by atoms with Gasteiger partial charge < -0.3 is 25.0 Å². The third-order valence-corrected chi connectivity index (χ3v) is 7.38. The van der Waals surface area contributed by atoms with Gasteiger partial charge in [0.25, 0.3) is 0 Å². The maximum absolute atomic E-state index is 12.0. The zero-order valence-corrected chi connectivity index (χ0v) is 21.1. The van der Waals surface area contributed by atoms with Crippen molar-refractivity contribution in [1.29, 1.82) is 0 Å². The molecule has 2 saturated heterocycles. The molecule has 8 nitrogen and oxygen atoms in total. The summed E-state index contributed by atoms with van der Waals surface area (Å²) in [6, 6.07) is 19.0. The van der Waals surface area contributed by atoms with Crippen LogP contribution in [0.4, 0.5) is 5.82 Å². The Labute approximate surface area is 215 Å². The van der Waals surface area contributed by atoms with E-state index in [1.54, 1.807) is 31.1 Å². The summed E-state index contributed by atoms with van der Waals surface area (Å²) in [6.45, 7) is 1.99. The number of anilines is 1. The van der Waals surface area contributed by atoms with E-state index in [-0.39, 0.29) is 30.7 Å². The molecule has 2 aliphatic heterocycles. The molecule has 2 N–H and O–H groups in total. The number of fused-ring (bicyclic) bond motifs is 4. The van der Waals surface area contributed by atoms with Crippen molar-refractivity contribution in [3.63, 3.8) is 0 Å². The van der Waals surface area contributed by atoms with Crippen LogP contribution in [0.1, 0.15) is 19.3 Å². The second kappa shape index (κ2) is 9.52. The van der Waals surface area contributed by atoms with E-state index in [9.17, 15) is 9.90 Å². The van der Waals surface area contributed by atoms with Crippen molar-refractivity contribution in [2.24, 2.45) is 0 Å². The second-order valence-corrected chi connectivity index (χ2v) is 10.2. The van der Waals surface area contributed by atoms with E-state index in [0.29, 0.717) is 12.1 Å². The van der Waals surface area contributed by atoms with Gasteiger partial charge in [-0.1, -0.05) is 30.3 Å². The molecule has 3 heterocycles. The predicted molar refractivity (Wildman–Crippen MR) is 145 cm³/mol. The van der Waals surface area contributed by atoms with Crippen LogP contribution in [0.2, 0.25) is 0 Å². The predicted octanol–water partition coefficient (Wildman–Crippen LogP) is 3.95. The summed E-state index contributed by atoms with van der Waals surface area (Å²) in [4.78, 5) is 25.5. The molecule has 2 atom stereocenters. The van der Waals surface area contributed by atoms with Gasteiger partial charge in [0, 0.05) is 44.7 Å². The number of hydrogen-bond donors (Lipinski definition) is 2. The van der Waals surface area contributed by atoms with Crippen molar-refractivity contribution in [2.45, 2.75) is 31.3 Å². The number of phenols is 1. The number of carbonyl (C=O) groups excluding carboxylic acids is 1. The fourth-order valence-electron chi connectivity index (χ4n) is 5.52. The van der Waals surface area contributed by atoms with Crippen LogP contribution < -0.4 is 15.0 Å². The second-order valence-electron chi connectivity index (χ2n) is 10.2. The minimum atomic E-state index is -0.00209. The van der Waals surface area contributed by atoms with Gasteiger partial charge in [-0.25, -0.2) is 0 Å². The Morgan fingerprint density at radius 1 is 1.05 bits per heavy atom. The number of ether oxygens (including phenoxy) is 1. The van der Waals surface area contributed by atoms with Gasteiger partial charge in [-0.15, -0.1) is 0 Å². The van der Waals surface area contributed by atoms with E-state index < -0.39 is 0 Å². The van der Waals surface area contributed by atoms with E-state index in [1.165, 1.54) is 12.8 Å². The van der Waals surface area contributed by atoms with Crippen molar-refractivity contribution in [3.05, 3.63) is 54.6 Å². The number of nitrogens with one attached hydrogen (secondary N) is 1. The third-order valence-electron chi connectivity index (χ3n) is 7.38. The molecule has 190 valence electrons. The number of amides is 1. The summed E-state index contributed by atoms with van der Waals surface area (Å²) in [5.41, 5.74) is 2.67. The van der Waals surface area contributed by atoms with Crippen molar-refractivity contribution in [3.8, 4) is 22.9 Å². The van der Waals surface area contributed by atoms with Crippen molar-refractivity contribution < 1.29 is 14.6 Å². The highest BCUT2D eigenvalue weighted by Crippen LogP contribution is 2.36. The Balaban J connectivity index is 1.42. The van der Waals surface area contributed by atoms with E-state index in [1.807, 2.05) is 24.3 Å². The topological polar surface area (TPSA) is 90.8 Å². The zero-order chi connectivity index (χ0) is 25.5. The minimum absolute atomic E-state index is 0.00209. The molecule has 2 fully saturated rings. The van der Waals surface area contributed by atoms with Gasteiger partial charge in [0.1, 0.15) is 18.2 Å². The number of phenolic OH excluding ortho intramolecular Hbond substituents is 1. The molecule has 0 radical (unpaired) electrons. The molecule has 2 aliphatic rings. The molecule has 4 aromatic rings. The Morgan fingerprint density at radius 3 is 2.62 bits per heavy atom. The highest BCUT2D eigenvalue weighted by Gasteiger charge is 2.33. The highest BCUT2D eigenvalue weighted by atomic mass is 16.5. The fourth-order valence-corrected chi connectivity index (χ4v) is 5.52. The molecule has 0 saturated carbocycles. The monoisotopic (exact) mass is 497 g/mol. The van der Waals surface area contributed by atoms with E-state index in [0.717, 1.165) is 51.7 Å². The van der Waals surface area contributed by atoms with E-state index in [4.69, 9.17) is 14.7 Å². The molecule has 6 rings (SSSR count). The number of hydrogen-bond acceptors (Lipinski definition) is 7. The van der Waals surface area contributed by atoms with Crippen LogP contribution in [-0.2, 0) is 4.79 Å². The molecular weight excluding hydrogens is 466 g/mol. The summed E-state index contributed by atoms with van der Waals surface area (Å²) >= 11 is 0.